The molecule has 0 fully saturated rings. The van der Waals surface area contributed by atoms with Gasteiger partial charge in [0.2, 0.25) is 5.91 Å². The number of hydrogen-bond donors (Lipinski definition) is 1. The van der Waals surface area contributed by atoms with Crippen LogP contribution in [0.25, 0.3) is 11.0 Å². The van der Waals surface area contributed by atoms with Gasteiger partial charge in [-0.1, -0.05) is 18.2 Å². The second-order valence-corrected chi connectivity index (χ2v) is 5.65. The van der Waals surface area contributed by atoms with Crippen molar-refractivity contribution in [2.45, 2.75) is 4.90 Å². The molecule has 3 rings (SSSR count). The van der Waals surface area contributed by atoms with E-state index in [9.17, 15) is 4.79 Å². The fourth-order valence-electron chi connectivity index (χ4n) is 2.05. The predicted molar refractivity (Wildman–Crippen MR) is 87.8 cm³/mol. The number of nitrogens with one attached hydrogen (secondary N) is 1. The Labute approximate surface area is 132 Å². The van der Waals surface area contributed by atoms with Crippen LogP contribution in [-0.2, 0) is 4.79 Å². The van der Waals surface area contributed by atoms with Gasteiger partial charge in [0.1, 0.15) is 12.1 Å². The average molecular weight is 313 g/mol. The molecular weight excluding hydrogens is 298 g/mol. The van der Waals surface area contributed by atoms with Crippen molar-refractivity contribution < 1.29 is 9.53 Å². The predicted octanol–water partition coefficient (Wildman–Crippen LogP) is 2.91. The maximum absolute atomic E-state index is 12.1. The number of benzene rings is 2. The Morgan fingerprint density at radius 1 is 1.27 bits per heavy atom. The van der Waals surface area contributed by atoms with Gasteiger partial charge >= 0.3 is 0 Å². The van der Waals surface area contributed by atoms with E-state index in [1.54, 1.807) is 18.1 Å². The number of fused-ring (bicyclic) bond motifs is 1. The van der Waals surface area contributed by atoms with Crippen LogP contribution < -0.4 is 10.2 Å². The second kappa shape index (κ2) is 6.53. The summed E-state index contributed by atoms with van der Waals surface area (Å²) in [5, 5.41) is 0. The molecule has 2 aromatic carbocycles. The van der Waals surface area contributed by atoms with Gasteiger partial charge in [-0.3, -0.25) is 10.2 Å². The highest BCUT2D eigenvalue weighted by atomic mass is 32.2. The van der Waals surface area contributed by atoms with Crippen LogP contribution >= 0.6 is 11.8 Å². The highest BCUT2D eigenvalue weighted by Gasteiger charge is 2.07. The third kappa shape index (κ3) is 3.23. The van der Waals surface area contributed by atoms with Crippen molar-refractivity contribution in [3.8, 4) is 5.75 Å². The monoisotopic (exact) mass is 313 g/mol. The third-order valence-electron chi connectivity index (χ3n) is 3.11. The Hall–Kier alpha value is -2.47. The summed E-state index contributed by atoms with van der Waals surface area (Å²) in [4.78, 5) is 17.3. The molecule has 5 nitrogen and oxygen atoms in total. The molecule has 3 aromatic rings. The van der Waals surface area contributed by atoms with Crippen LogP contribution in [0, 0.1) is 0 Å². The average Bonchev–Trinajstić information content (AvgIpc) is 2.96. The minimum atomic E-state index is -0.0871. The van der Waals surface area contributed by atoms with Gasteiger partial charge in [0.05, 0.1) is 23.9 Å². The van der Waals surface area contributed by atoms with Gasteiger partial charge in [-0.05, 0) is 30.3 Å². The molecule has 0 atom stereocenters. The number of aromatic nitrogens is 2. The number of para-hydroxylation sites is 2. The maximum atomic E-state index is 12.1. The van der Waals surface area contributed by atoms with Crippen LogP contribution in [0.4, 0.5) is 0 Å². The largest absolute Gasteiger partial charge is 0.497 e. The van der Waals surface area contributed by atoms with Crippen molar-refractivity contribution >= 4 is 28.7 Å². The first-order chi connectivity index (χ1) is 10.8. The Kier molecular flexibility index (Phi) is 4.29. The molecule has 0 aliphatic carbocycles. The number of hydrogen-bond acceptors (Lipinski definition) is 4. The van der Waals surface area contributed by atoms with Crippen molar-refractivity contribution in [2.75, 3.05) is 18.3 Å². The number of carbonyl (C=O) groups excluding carboxylic acids is 1. The molecule has 0 unspecified atom stereocenters. The summed E-state index contributed by atoms with van der Waals surface area (Å²) in [5.41, 5.74) is 4.55. The molecule has 1 heterocycles. The van der Waals surface area contributed by atoms with Gasteiger partial charge in [-0.2, -0.15) is 0 Å². The van der Waals surface area contributed by atoms with Crippen LogP contribution in [0.1, 0.15) is 0 Å². The van der Waals surface area contributed by atoms with E-state index < -0.39 is 0 Å². The number of ether oxygens (including phenoxy) is 1. The molecule has 0 aliphatic rings. The molecule has 0 spiro atoms. The topological polar surface area (TPSA) is 56.1 Å². The van der Waals surface area contributed by atoms with Gasteiger partial charge in [-0.25, -0.2) is 9.66 Å². The van der Waals surface area contributed by atoms with Crippen molar-refractivity contribution in [3.63, 3.8) is 0 Å². The first-order valence-corrected chi connectivity index (χ1v) is 7.73. The van der Waals surface area contributed by atoms with Crippen LogP contribution in [0.5, 0.6) is 5.75 Å². The van der Waals surface area contributed by atoms with E-state index in [1.807, 2.05) is 48.5 Å². The molecule has 1 aromatic heterocycles. The number of nitrogens with zero attached hydrogens (tertiary/aromatic N) is 2. The zero-order valence-electron chi connectivity index (χ0n) is 12.0. The molecule has 0 radical (unpaired) electrons. The summed E-state index contributed by atoms with van der Waals surface area (Å²) in [6, 6.07) is 15.3. The molecule has 1 N–H and O–H groups in total. The van der Waals surface area contributed by atoms with E-state index >= 15 is 0 Å². The lowest BCUT2D eigenvalue weighted by molar-refractivity contribution is -0.114. The minimum Gasteiger partial charge on any atom is -0.497 e. The molecule has 0 bridgehead atoms. The summed E-state index contributed by atoms with van der Waals surface area (Å²) < 4.78 is 6.81. The highest BCUT2D eigenvalue weighted by Crippen LogP contribution is 2.22. The lowest BCUT2D eigenvalue weighted by atomic mass is 10.3. The molecule has 0 saturated heterocycles. The summed E-state index contributed by atoms with van der Waals surface area (Å²) >= 11 is 1.46. The number of thioether (sulfide) groups is 1. The number of methoxy groups -OCH3 is 1. The summed E-state index contributed by atoms with van der Waals surface area (Å²) in [5.74, 6) is 1.02. The molecule has 0 aliphatic heterocycles. The van der Waals surface area contributed by atoms with Crippen LogP contribution in [0.3, 0.4) is 0 Å². The van der Waals surface area contributed by atoms with E-state index in [0.717, 1.165) is 21.7 Å². The highest BCUT2D eigenvalue weighted by molar-refractivity contribution is 8.00. The second-order valence-electron chi connectivity index (χ2n) is 4.61. The molecule has 22 heavy (non-hydrogen) atoms. The normalized spacial score (nSPS) is 10.6. The van der Waals surface area contributed by atoms with E-state index in [0.29, 0.717) is 5.75 Å². The summed E-state index contributed by atoms with van der Waals surface area (Å²) in [6.45, 7) is 0. The lowest BCUT2D eigenvalue weighted by Gasteiger charge is -2.07. The van der Waals surface area contributed by atoms with Crippen LogP contribution in [0.2, 0.25) is 0 Å². The SMILES string of the molecule is COc1cccc(SCC(=O)Nn2cnc3ccccc32)c1. The molecule has 1 amide bonds. The number of amides is 1. The van der Waals surface area contributed by atoms with Gasteiger partial charge in [0.25, 0.3) is 0 Å². The quantitative estimate of drug-likeness (QED) is 0.736. The van der Waals surface area contributed by atoms with E-state index in [4.69, 9.17) is 4.74 Å². The fraction of sp³-hybridized carbons (Fsp3) is 0.125. The molecular formula is C16H15N3O2S. The van der Waals surface area contributed by atoms with Crippen molar-refractivity contribution in [3.05, 3.63) is 54.9 Å². The van der Waals surface area contributed by atoms with Crippen molar-refractivity contribution in [2.24, 2.45) is 0 Å². The third-order valence-corrected chi connectivity index (χ3v) is 4.10. The molecule has 0 saturated carbocycles. The Balaban J connectivity index is 1.63. The van der Waals surface area contributed by atoms with E-state index in [2.05, 4.69) is 10.4 Å². The van der Waals surface area contributed by atoms with Crippen LogP contribution in [0.15, 0.2) is 59.8 Å². The van der Waals surface area contributed by atoms with Gasteiger partial charge < -0.3 is 4.74 Å². The lowest BCUT2D eigenvalue weighted by Crippen LogP contribution is -2.23. The Morgan fingerprint density at radius 3 is 3.00 bits per heavy atom. The van der Waals surface area contributed by atoms with E-state index in [-0.39, 0.29) is 5.91 Å². The maximum Gasteiger partial charge on any atom is 0.249 e. The summed E-state index contributed by atoms with van der Waals surface area (Å²) in [7, 11) is 1.63. The first kappa shape index (κ1) is 14.5. The summed E-state index contributed by atoms with van der Waals surface area (Å²) in [6.07, 6.45) is 1.61. The zero-order chi connectivity index (χ0) is 15.4. The van der Waals surface area contributed by atoms with Gasteiger partial charge in [0, 0.05) is 4.90 Å². The van der Waals surface area contributed by atoms with Crippen molar-refractivity contribution in [1.82, 2.24) is 9.66 Å². The fourth-order valence-corrected chi connectivity index (χ4v) is 2.79. The number of rotatable bonds is 5. The molecule has 6 heteroatoms. The standard InChI is InChI=1S/C16H15N3O2S/c1-21-12-5-4-6-13(9-12)22-10-16(20)18-19-11-17-14-7-2-3-8-15(14)19/h2-9,11H,10H2,1H3,(H,18,20). The smallest absolute Gasteiger partial charge is 0.249 e. The van der Waals surface area contributed by atoms with Gasteiger partial charge in [-0.15, -0.1) is 11.8 Å². The molecule has 112 valence electrons. The first-order valence-electron chi connectivity index (χ1n) is 6.75. The van der Waals surface area contributed by atoms with Crippen LogP contribution in [-0.4, -0.2) is 28.4 Å². The number of imidazole rings is 1. The van der Waals surface area contributed by atoms with Gasteiger partial charge in [0.15, 0.2) is 0 Å². The van der Waals surface area contributed by atoms with Crippen molar-refractivity contribution in [1.29, 1.82) is 0 Å². The number of carbonyl (C=O) groups is 1. The zero-order valence-corrected chi connectivity index (χ0v) is 12.8. The van der Waals surface area contributed by atoms with E-state index in [1.165, 1.54) is 11.8 Å². The Morgan fingerprint density at radius 2 is 2.14 bits per heavy atom. The minimum absolute atomic E-state index is 0.0871. The Bertz CT molecular complexity index is 801.